The molecule has 0 aliphatic carbocycles. The Kier molecular flexibility index (Phi) is 5.77. The number of nitrogens with one attached hydrogen (secondary N) is 2. The monoisotopic (exact) mass is 226 g/mol. The van der Waals surface area contributed by atoms with Crippen molar-refractivity contribution in [3.05, 3.63) is 35.4 Å². The number of carbonyl (C=O) groups excluding carboxylic acids is 1. The summed E-state index contributed by atoms with van der Waals surface area (Å²) >= 11 is 0. The standard InChI is InChI=1S/C13H18N2O.Li.H/c1-10-5-7-11(8-6-10)13(16)15-12-4-2-3-9-14-12;;/h5-8,12,14H,2-4,9H2,1H3,(H,15,16);;. The van der Waals surface area contributed by atoms with Gasteiger partial charge in [-0.25, -0.2) is 0 Å². The van der Waals surface area contributed by atoms with Gasteiger partial charge in [0.05, 0.1) is 6.17 Å². The van der Waals surface area contributed by atoms with Gasteiger partial charge in [-0.1, -0.05) is 17.7 Å². The number of amides is 1. The van der Waals surface area contributed by atoms with E-state index in [0.29, 0.717) is 0 Å². The maximum absolute atomic E-state index is 11.9. The third-order valence-corrected chi connectivity index (χ3v) is 2.93. The number of carbonyl (C=O) groups is 1. The van der Waals surface area contributed by atoms with Crippen LogP contribution in [0.5, 0.6) is 0 Å². The molecule has 0 radical (unpaired) electrons. The average Bonchev–Trinajstić information content (AvgIpc) is 2.31. The molecule has 17 heavy (non-hydrogen) atoms. The summed E-state index contributed by atoms with van der Waals surface area (Å²) in [5.41, 5.74) is 1.91. The number of hydrogen-bond donors (Lipinski definition) is 2. The Bertz CT molecular complexity index is 358. The van der Waals surface area contributed by atoms with Crippen molar-refractivity contribution in [3.63, 3.8) is 0 Å². The van der Waals surface area contributed by atoms with E-state index in [9.17, 15) is 4.79 Å². The van der Waals surface area contributed by atoms with Crippen molar-refractivity contribution in [2.75, 3.05) is 6.54 Å². The number of hydrogen-bond acceptors (Lipinski definition) is 2. The fourth-order valence-corrected chi connectivity index (χ4v) is 1.92. The molecule has 1 atom stereocenters. The van der Waals surface area contributed by atoms with Crippen LogP contribution in [0.1, 0.15) is 35.2 Å². The van der Waals surface area contributed by atoms with Gasteiger partial charge in [0, 0.05) is 5.56 Å². The molecule has 88 valence electrons. The molecule has 1 unspecified atom stereocenters. The van der Waals surface area contributed by atoms with E-state index >= 15 is 0 Å². The quantitative estimate of drug-likeness (QED) is 0.743. The van der Waals surface area contributed by atoms with E-state index in [1.165, 1.54) is 18.4 Å². The summed E-state index contributed by atoms with van der Waals surface area (Å²) in [4.78, 5) is 11.9. The zero-order chi connectivity index (χ0) is 11.4. The van der Waals surface area contributed by atoms with Gasteiger partial charge in [-0.3, -0.25) is 10.1 Å². The van der Waals surface area contributed by atoms with Crippen molar-refractivity contribution in [1.82, 2.24) is 10.6 Å². The molecule has 1 aromatic rings. The molecule has 2 rings (SSSR count). The maximum atomic E-state index is 11.9. The van der Waals surface area contributed by atoms with Gasteiger partial charge in [-0.2, -0.15) is 0 Å². The Morgan fingerprint density at radius 1 is 1.29 bits per heavy atom. The van der Waals surface area contributed by atoms with Crippen LogP contribution in [0, 0.1) is 6.92 Å². The van der Waals surface area contributed by atoms with Crippen molar-refractivity contribution in [2.45, 2.75) is 32.4 Å². The zero-order valence-corrected chi connectivity index (χ0v) is 9.62. The summed E-state index contributed by atoms with van der Waals surface area (Å²) in [6, 6.07) is 7.66. The van der Waals surface area contributed by atoms with E-state index in [0.717, 1.165) is 18.5 Å². The minimum absolute atomic E-state index is 0. The Balaban J connectivity index is 0.00000144. The van der Waals surface area contributed by atoms with Crippen molar-refractivity contribution >= 4 is 24.8 Å². The van der Waals surface area contributed by atoms with E-state index in [1.807, 2.05) is 31.2 Å². The van der Waals surface area contributed by atoms with Gasteiger partial charge in [0.1, 0.15) is 0 Å². The molecular formula is C13H19LiN2O. The molecule has 0 bridgehead atoms. The fraction of sp³-hybridized carbons (Fsp3) is 0.462. The molecule has 0 spiro atoms. The van der Waals surface area contributed by atoms with E-state index in [-0.39, 0.29) is 30.9 Å². The van der Waals surface area contributed by atoms with E-state index < -0.39 is 0 Å². The van der Waals surface area contributed by atoms with Gasteiger partial charge < -0.3 is 5.32 Å². The molecule has 1 heterocycles. The normalized spacial score (nSPS) is 19.2. The second-order valence-corrected chi connectivity index (χ2v) is 4.34. The number of rotatable bonds is 2. The van der Waals surface area contributed by atoms with Crippen LogP contribution < -0.4 is 10.6 Å². The first-order valence-electron chi connectivity index (χ1n) is 5.86. The van der Waals surface area contributed by atoms with Gasteiger partial charge >= 0.3 is 18.9 Å². The van der Waals surface area contributed by atoms with Gasteiger partial charge in [-0.15, -0.1) is 0 Å². The van der Waals surface area contributed by atoms with E-state index in [2.05, 4.69) is 10.6 Å². The molecule has 3 nitrogen and oxygen atoms in total. The van der Waals surface area contributed by atoms with Gasteiger partial charge in [0.25, 0.3) is 5.91 Å². The number of piperidine rings is 1. The summed E-state index contributed by atoms with van der Waals surface area (Å²) < 4.78 is 0. The van der Waals surface area contributed by atoms with Crippen LogP contribution in [0.3, 0.4) is 0 Å². The molecule has 1 saturated heterocycles. The van der Waals surface area contributed by atoms with E-state index in [1.54, 1.807) is 0 Å². The topological polar surface area (TPSA) is 41.1 Å². The molecule has 2 N–H and O–H groups in total. The van der Waals surface area contributed by atoms with Gasteiger partial charge in [0.15, 0.2) is 0 Å². The van der Waals surface area contributed by atoms with Gasteiger partial charge in [0.2, 0.25) is 0 Å². The molecular weight excluding hydrogens is 207 g/mol. The van der Waals surface area contributed by atoms with Crippen LogP contribution in [-0.4, -0.2) is 37.5 Å². The Morgan fingerprint density at radius 3 is 2.59 bits per heavy atom. The first kappa shape index (κ1) is 14.3. The predicted octanol–water partition coefficient (Wildman–Crippen LogP) is 1.18. The van der Waals surface area contributed by atoms with Crippen molar-refractivity contribution in [2.24, 2.45) is 0 Å². The van der Waals surface area contributed by atoms with Crippen LogP contribution in [0.25, 0.3) is 0 Å². The summed E-state index contributed by atoms with van der Waals surface area (Å²) in [6.07, 6.45) is 3.56. The Hall–Kier alpha value is -0.753. The molecule has 1 aromatic carbocycles. The number of aryl methyl sites for hydroxylation is 1. The second-order valence-electron chi connectivity index (χ2n) is 4.34. The third kappa shape index (κ3) is 4.20. The van der Waals surface area contributed by atoms with Crippen LogP contribution in [-0.2, 0) is 0 Å². The first-order valence-corrected chi connectivity index (χ1v) is 5.86. The van der Waals surface area contributed by atoms with Crippen LogP contribution in [0.4, 0.5) is 0 Å². The second kappa shape index (κ2) is 6.86. The minimum atomic E-state index is 0. The van der Waals surface area contributed by atoms with Crippen LogP contribution in [0.15, 0.2) is 24.3 Å². The summed E-state index contributed by atoms with van der Waals surface area (Å²) in [6.45, 7) is 3.02. The van der Waals surface area contributed by atoms with Crippen molar-refractivity contribution < 1.29 is 4.79 Å². The number of benzene rings is 1. The summed E-state index contributed by atoms with van der Waals surface area (Å²) in [5.74, 6) is 0.0133. The van der Waals surface area contributed by atoms with Gasteiger partial charge in [-0.05, 0) is 44.9 Å². The molecule has 0 aromatic heterocycles. The van der Waals surface area contributed by atoms with Crippen LogP contribution >= 0.6 is 0 Å². The molecule has 1 fully saturated rings. The Morgan fingerprint density at radius 2 is 2.00 bits per heavy atom. The van der Waals surface area contributed by atoms with Crippen molar-refractivity contribution in [3.8, 4) is 0 Å². The molecule has 1 amide bonds. The van der Waals surface area contributed by atoms with E-state index in [4.69, 9.17) is 0 Å². The zero-order valence-electron chi connectivity index (χ0n) is 9.62. The summed E-state index contributed by atoms with van der Waals surface area (Å²) in [7, 11) is 0. The molecule has 4 heteroatoms. The SMILES string of the molecule is Cc1ccc(C(=O)NC2CCCCN2)cc1.[LiH]. The van der Waals surface area contributed by atoms with Crippen LogP contribution in [0.2, 0.25) is 0 Å². The van der Waals surface area contributed by atoms with Crippen molar-refractivity contribution in [1.29, 1.82) is 0 Å². The predicted molar refractivity (Wildman–Crippen MR) is 71.4 cm³/mol. The fourth-order valence-electron chi connectivity index (χ4n) is 1.92. The third-order valence-electron chi connectivity index (χ3n) is 2.93. The first-order chi connectivity index (χ1) is 7.75. The Labute approximate surface area is 115 Å². The molecule has 1 aliphatic heterocycles. The summed E-state index contributed by atoms with van der Waals surface area (Å²) in [5, 5.41) is 6.30. The average molecular weight is 226 g/mol. The molecule has 1 aliphatic rings. The molecule has 0 saturated carbocycles.